The van der Waals surface area contributed by atoms with Gasteiger partial charge in [-0.15, -0.1) is 0 Å². The largest absolute Gasteiger partial charge is 0.466 e. The number of carbonyl (C=O) groups excluding carboxylic acids is 1. The Labute approximate surface area is 133 Å². The first-order valence-corrected chi connectivity index (χ1v) is 8.03. The molecule has 20 heavy (non-hydrogen) atoms. The minimum absolute atomic E-state index is 0.0268. The number of benzene rings is 1. The van der Waals surface area contributed by atoms with Crippen LogP contribution in [0.5, 0.6) is 0 Å². The highest BCUT2D eigenvalue weighted by atomic mass is 79.9. The quantitative estimate of drug-likeness (QED) is 0.613. The van der Waals surface area contributed by atoms with Crippen LogP contribution in [0.25, 0.3) is 0 Å². The summed E-state index contributed by atoms with van der Waals surface area (Å²) in [5.41, 5.74) is 1.05. The van der Waals surface area contributed by atoms with Crippen molar-refractivity contribution in [2.24, 2.45) is 5.92 Å². The number of piperidine rings is 1. The third kappa shape index (κ3) is 3.79. The molecule has 2 rings (SSSR count). The van der Waals surface area contributed by atoms with Crippen LogP contribution in [-0.2, 0) is 9.53 Å². The molecule has 1 saturated heterocycles. The molecule has 0 unspecified atom stereocenters. The lowest BCUT2D eigenvalue weighted by atomic mass is 9.96. The Morgan fingerprint density at radius 2 is 1.95 bits per heavy atom. The van der Waals surface area contributed by atoms with E-state index >= 15 is 0 Å². The fourth-order valence-electron chi connectivity index (χ4n) is 2.35. The third-order valence-corrected chi connectivity index (χ3v) is 4.52. The van der Waals surface area contributed by atoms with Crippen molar-refractivity contribution in [3.8, 4) is 0 Å². The number of likely N-dealkylation sites (tertiary alicyclic amines) is 1. The van der Waals surface area contributed by atoms with Gasteiger partial charge in [0.25, 0.3) is 0 Å². The number of hydrogen-bond donors (Lipinski definition) is 0. The second-order valence-corrected chi connectivity index (χ2v) is 6.13. The van der Waals surface area contributed by atoms with E-state index in [1.807, 2.05) is 31.2 Å². The summed E-state index contributed by atoms with van der Waals surface area (Å²) in [6.07, 6.45) is 1.63. The van der Waals surface area contributed by atoms with Crippen molar-refractivity contribution in [3.63, 3.8) is 0 Å². The normalized spacial score (nSPS) is 16.0. The molecule has 0 N–H and O–H groups in total. The average Bonchev–Trinajstić information content (AvgIpc) is 2.48. The summed E-state index contributed by atoms with van der Waals surface area (Å²) in [7, 11) is 0. The molecule has 0 amide bonds. The molecular weight excluding hydrogens is 338 g/mol. The fourth-order valence-corrected chi connectivity index (χ4v) is 2.94. The molecule has 108 valence electrons. The summed E-state index contributed by atoms with van der Waals surface area (Å²) < 4.78 is 6.13. The smallest absolute Gasteiger partial charge is 0.309 e. The van der Waals surface area contributed by atoms with E-state index in [9.17, 15) is 4.79 Å². The average molecular weight is 356 g/mol. The zero-order valence-electron chi connectivity index (χ0n) is 11.5. The molecule has 3 nitrogen and oxygen atoms in total. The van der Waals surface area contributed by atoms with E-state index in [0.29, 0.717) is 6.61 Å². The van der Waals surface area contributed by atoms with Crippen LogP contribution in [0.1, 0.15) is 25.3 Å². The van der Waals surface area contributed by atoms with Gasteiger partial charge < -0.3 is 9.64 Å². The number of esters is 1. The summed E-state index contributed by atoms with van der Waals surface area (Å²) in [4.78, 5) is 14.7. The lowest BCUT2D eigenvalue weighted by Crippen LogP contribution is -2.40. The number of carbonyl (C=O) groups is 1. The molecule has 1 fully saturated rings. The lowest BCUT2D eigenvalue weighted by molar-refractivity contribution is -0.149. The predicted octanol–water partition coefficient (Wildman–Crippen LogP) is 3.40. The number of nitrogens with zero attached hydrogens (tertiary/aromatic N) is 1. The Morgan fingerprint density at radius 3 is 2.50 bits per heavy atom. The van der Waals surface area contributed by atoms with Crippen molar-refractivity contribution in [2.75, 3.05) is 19.7 Å². The van der Waals surface area contributed by atoms with Crippen LogP contribution in [0, 0.1) is 5.92 Å². The summed E-state index contributed by atoms with van der Waals surface area (Å²) in [6.45, 7) is 3.93. The van der Waals surface area contributed by atoms with Gasteiger partial charge in [0.15, 0.2) is 0 Å². The van der Waals surface area contributed by atoms with E-state index in [0.717, 1.165) is 41.0 Å². The molecule has 1 heterocycles. The van der Waals surface area contributed by atoms with Crippen molar-refractivity contribution >= 4 is 39.1 Å². The highest BCUT2D eigenvalue weighted by molar-refractivity contribution is 9.10. The Morgan fingerprint density at radius 1 is 1.35 bits per heavy atom. The first-order chi connectivity index (χ1) is 9.61. The molecule has 0 atom stereocenters. The molecule has 0 saturated carbocycles. The SMILES string of the molecule is CCOC(=O)C1CCN(C(=S)c2ccc(Br)cc2)CC1. The van der Waals surface area contributed by atoms with Crippen molar-refractivity contribution < 1.29 is 9.53 Å². The van der Waals surface area contributed by atoms with Crippen LogP contribution in [0.15, 0.2) is 28.7 Å². The molecule has 1 aromatic carbocycles. The maximum atomic E-state index is 11.7. The van der Waals surface area contributed by atoms with Crippen molar-refractivity contribution in [3.05, 3.63) is 34.3 Å². The van der Waals surface area contributed by atoms with Gasteiger partial charge in [0.05, 0.1) is 12.5 Å². The van der Waals surface area contributed by atoms with E-state index in [1.165, 1.54) is 0 Å². The number of rotatable bonds is 3. The summed E-state index contributed by atoms with van der Waals surface area (Å²) in [5.74, 6) is -0.0411. The Hall–Kier alpha value is -0.940. The number of ether oxygens (including phenoxy) is 1. The molecule has 1 aliphatic heterocycles. The van der Waals surface area contributed by atoms with Gasteiger partial charge in [0.2, 0.25) is 0 Å². The Bertz CT molecular complexity index is 481. The highest BCUT2D eigenvalue weighted by Gasteiger charge is 2.27. The maximum Gasteiger partial charge on any atom is 0.309 e. The first-order valence-electron chi connectivity index (χ1n) is 6.83. The first kappa shape index (κ1) is 15.4. The van der Waals surface area contributed by atoms with Gasteiger partial charge in [-0.2, -0.15) is 0 Å². The molecule has 0 spiro atoms. The van der Waals surface area contributed by atoms with Gasteiger partial charge in [0, 0.05) is 23.1 Å². The van der Waals surface area contributed by atoms with E-state index < -0.39 is 0 Å². The van der Waals surface area contributed by atoms with Crippen LogP contribution >= 0.6 is 28.1 Å². The van der Waals surface area contributed by atoms with Crippen molar-refractivity contribution in [1.82, 2.24) is 4.90 Å². The van der Waals surface area contributed by atoms with Crippen LogP contribution < -0.4 is 0 Å². The van der Waals surface area contributed by atoms with Crippen LogP contribution in [0.4, 0.5) is 0 Å². The molecule has 5 heteroatoms. The zero-order valence-corrected chi connectivity index (χ0v) is 13.9. The van der Waals surface area contributed by atoms with Gasteiger partial charge in [-0.1, -0.05) is 40.3 Å². The van der Waals surface area contributed by atoms with Gasteiger partial charge >= 0.3 is 5.97 Å². The zero-order chi connectivity index (χ0) is 14.5. The minimum Gasteiger partial charge on any atom is -0.466 e. The molecular formula is C15H18BrNO2S. The van der Waals surface area contributed by atoms with Gasteiger partial charge in [-0.05, 0) is 31.9 Å². The standard InChI is InChI=1S/C15H18BrNO2S/c1-2-19-15(18)12-7-9-17(10-8-12)14(20)11-3-5-13(16)6-4-11/h3-6,12H,2,7-10H2,1H3. The highest BCUT2D eigenvalue weighted by Crippen LogP contribution is 2.21. The monoisotopic (exact) mass is 355 g/mol. The molecule has 1 aromatic rings. The topological polar surface area (TPSA) is 29.5 Å². The maximum absolute atomic E-state index is 11.7. The summed E-state index contributed by atoms with van der Waals surface area (Å²) in [6, 6.07) is 8.02. The van der Waals surface area contributed by atoms with Crippen molar-refractivity contribution in [1.29, 1.82) is 0 Å². The minimum atomic E-state index is -0.0679. The van der Waals surface area contributed by atoms with E-state index in [-0.39, 0.29) is 11.9 Å². The molecule has 0 radical (unpaired) electrons. The Kier molecular flexibility index (Phi) is 5.54. The molecule has 0 bridgehead atoms. The molecule has 0 aliphatic carbocycles. The number of hydrogen-bond acceptors (Lipinski definition) is 3. The fraction of sp³-hybridized carbons (Fsp3) is 0.467. The third-order valence-electron chi connectivity index (χ3n) is 3.49. The van der Waals surface area contributed by atoms with Gasteiger partial charge in [-0.3, -0.25) is 4.79 Å². The van der Waals surface area contributed by atoms with Gasteiger partial charge in [0.1, 0.15) is 4.99 Å². The second-order valence-electron chi connectivity index (χ2n) is 4.83. The number of halogens is 1. The molecule has 0 aromatic heterocycles. The predicted molar refractivity (Wildman–Crippen MR) is 86.8 cm³/mol. The van der Waals surface area contributed by atoms with Crippen LogP contribution in [0.2, 0.25) is 0 Å². The van der Waals surface area contributed by atoms with Crippen LogP contribution in [0.3, 0.4) is 0 Å². The van der Waals surface area contributed by atoms with E-state index in [2.05, 4.69) is 20.8 Å². The summed E-state index contributed by atoms with van der Waals surface area (Å²) >= 11 is 8.95. The van der Waals surface area contributed by atoms with E-state index in [1.54, 1.807) is 0 Å². The molecule has 1 aliphatic rings. The number of thiocarbonyl (C=S) groups is 1. The Balaban J connectivity index is 1.92. The van der Waals surface area contributed by atoms with Crippen molar-refractivity contribution in [2.45, 2.75) is 19.8 Å². The second kappa shape index (κ2) is 7.18. The lowest BCUT2D eigenvalue weighted by Gasteiger charge is -2.32. The summed E-state index contributed by atoms with van der Waals surface area (Å²) in [5, 5.41) is 0. The van der Waals surface area contributed by atoms with E-state index in [4.69, 9.17) is 17.0 Å². The van der Waals surface area contributed by atoms with Crippen LogP contribution in [-0.4, -0.2) is 35.6 Å². The van der Waals surface area contributed by atoms with Gasteiger partial charge in [-0.25, -0.2) is 0 Å².